The summed E-state index contributed by atoms with van der Waals surface area (Å²) in [5, 5.41) is 6.56. The van der Waals surface area contributed by atoms with Crippen molar-refractivity contribution in [2.75, 3.05) is 12.4 Å². The van der Waals surface area contributed by atoms with E-state index in [2.05, 4.69) is 60.7 Å². The standard InChI is InChI=1S/C44H41FN4O3.C2H6.CH4/c1-28-10-9-13-36(39(28)30-16-20-34(21-17-30)44(2,3)4)42(51)47-38-25-19-32-26-33(18-24-37(32)46-38)41(50)48-40(31-11-7-6-8-12-31)43(52)49(5)27-29-14-22-35(45)23-15-29;1-2;/h6-26,40H,27H2,1-5H3,(H,48,50)(H,46,47,51);1-2H3;1H4/t40-;;/m0../s1. The van der Waals surface area contributed by atoms with Crippen molar-refractivity contribution < 1.29 is 18.8 Å². The molecule has 0 saturated heterocycles. The molecule has 8 heteroatoms. The molecule has 0 spiro atoms. The molecular formula is C47H51FN4O3. The van der Waals surface area contributed by atoms with Crippen LogP contribution in [0.25, 0.3) is 22.0 Å². The van der Waals surface area contributed by atoms with Crippen LogP contribution in [0.2, 0.25) is 0 Å². The first-order chi connectivity index (χ1) is 25.9. The van der Waals surface area contributed by atoms with Crippen LogP contribution in [0.3, 0.4) is 0 Å². The van der Waals surface area contributed by atoms with Gasteiger partial charge in [0.2, 0.25) is 5.91 Å². The van der Waals surface area contributed by atoms with Gasteiger partial charge in [0.05, 0.1) is 5.52 Å². The van der Waals surface area contributed by atoms with Crippen LogP contribution in [0.15, 0.2) is 127 Å². The number of amides is 3. The third-order valence-corrected chi connectivity index (χ3v) is 9.11. The summed E-state index contributed by atoms with van der Waals surface area (Å²) in [4.78, 5) is 47.1. The van der Waals surface area contributed by atoms with Crippen molar-refractivity contribution in [2.24, 2.45) is 0 Å². The molecule has 0 aliphatic heterocycles. The third-order valence-electron chi connectivity index (χ3n) is 9.11. The molecule has 1 aromatic heterocycles. The predicted octanol–water partition coefficient (Wildman–Crippen LogP) is 10.7. The highest BCUT2D eigenvalue weighted by Gasteiger charge is 2.27. The Morgan fingerprint density at radius 3 is 2.11 bits per heavy atom. The number of nitrogens with one attached hydrogen (secondary N) is 2. The summed E-state index contributed by atoms with van der Waals surface area (Å²) in [6.07, 6.45) is 0. The van der Waals surface area contributed by atoms with Crippen LogP contribution in [0.1, 0.15) is 91.1 Å². The van der Waals surface area contributed by atoms with E-state index < -0.39 is 11.9 Å². The average Bonchev–Trinajstić information content (AvgIpc) is 3.18. The van der Waals surface area contributed by atoms with Gasteiger partial charge in [-0.2, -0.15) is 0 Å². The molecule has 55 heavy (non-hydrogen) atoms. The zero-order chi connectivity index (χ0) is 39.0. The summed E-state index contributed by atoms with van der Waals surface area (Å²) in [6, 6.07) is 36.6. The van der Waals surface area contributed by atoms with E-state index >= 15 is 0 Å². The second kappa shape index (κ2) is 18.3. The highest BCUT2D eigenvalue weighted by atomic mass is 19.1. The fraction of sp³-hybridized carbons (Fsp3) is 0.234. The fourth-order valence-electron chi connectivity index (χ4n) is 6.21. The van der Waals surface area contributed by atoms with E-state index in [1.165, 1.54) is 22.6 Å². The van der Waals surface area contributed by atoms with Crippen molar-refractivity contribution in [3.8, 4) is 11.1 Å². The summed E-state index contributed by atoms with van der Waals surface area (Å²) in [5.74, 6) is -0.996. The molecule has 0 aliphatic rings. The molecule has 1 heterocycles. The maximum Gasteiger partial charge on any atom is 0.257 e. The van der Waals surface area contributed by atoms with Gasteiger partial charge in [0.1, 0.15) is 17.7 Å². The second-order valence-corrected chi connectivity index (χ2v) is 14.0. The lowest BCUT2D eigenvalue weighted by Gasteiger charge is -2.25. The number of likely N-dealkylation sites (N-methyl/N-ethyl adjacent to an activating group) is 1. The van der Waals surface area contributed by atoms with E-state index in [9.17, 15) is 18.8 Å². The van der Waals surface area contributed by atoms with Gasteiger partial charge in [0.15, 0.2) is 0 Å². The number of carbonyl (C=O) groups excluding carboxylic acids is 3. The first kappa shape index (κ1) is 41.6. The normalized spacial score (nSPS) is 11.3. The topological polar surface area (TPSA) is 91.4 Å². The van der Waals surface area contributed by atoms with Gasteiger partial charge in [-0.15, -0.1) is 0 Å². The van der Waals surface area contributed by atoms with E-state index in [1.807, 2.05) is 57.2 Å². The largest absolute Gasteiger partial charge is 0.339 e. The van der Waals surface area contributed by atoms with Gasteiger partial charge in [-0.25, -0.2) is 9.37 Å². The number of hydrogen-bond acceptors (Lipinski definition) is 4. The molecule has 0 aliphatic carbocycles. The summed E-state index contributed by atoms with van der Waals surface area (Å²) in [6.45, 7) is 12.8. The van der Waals surface area contributed by atoms with Crippen LogP contribution >= 0.6 is 0 Å². The van der Waals surface area contributed by atoms with Gasteiger partial charge >= 0.3 is 0 Å². The number of pyridine rings is 1. The monoisotopic (exact) mass is 738 g/mol. The number of aromatic nitrogens is 1. The van der Waals surface area contributed by atoms with Crippen LogP contribution in [-0.4, -0.2) is 34.7 Å². The zero-order valence-corrected chi connectivity index (χ0v) is 31.9. The second-order valence-electron chi connectivity index (χ2n) is 14.0. The number of carbonyl (C=O) groups is 3. The van der Waals surface area contributed by atoms with Crippen LogP contribution in [-0.2, 0) is 16.8 Å². The van der Waals surface area contributed by atoms with Crippen LogP contribution in [0, 0.1) is 12.7 Å². The minimum atomic E-state index is -0.950. The van der Waals surface area contributed by atoms with Gasteiger partial charge in [-0.05, 0) is 94.3 Å². The van der Waals surface area contributed by atoms with E-state index in [-0.39, 0.29) is 37.0 Å². The Morgan fingerprint density at radius 1 is 0.782 bits per heavy atom. The van der Waals surface area contributed by atoms with E-state index in [0.717, 1.165) is 22.3 Å². The van der Waals surface area contributed by atoms with Gasteiger partial charge < -0.3 is 15.5 Å². The van der Waals surface area contributed by atoms with Crippen molar-refractivity contribution in [1.29, 1.82) is 0 Å². The van der Waals surface area contributed by atoms with E-state index in [4.69, 9.17) is 0 Å². The van der Waals surface area contributed by atoms with Crippen molar-refractivity contribution in [2.45, 2.75) is 67.0 Å². The molecular weight excluding hydrogens is 688 g/mol. The summed E-state index contributed by atoms with van der Waals surface area (Å²) in [7, 11) is 1.65. The van der Waals surface area contributed by atoms with Gasteiger partial charge in [0.25, 0.3) is 11.8 Å². The van der Waals surface area contributed by atoms with Crippen LogP contribution in [0.4, 0.5) is 10.2 Å². The Labute approximate surface area is 324 Å². The van der Waals surface area contributed by atoms with Crippen molar-refractivity contribution in [1.82, 2.24) is 15.2 Å². The maximum absolute atomic E-state index is 13.7. The van der Waals surface area contributed by atoms with E-state index in [1.54, 1.807) is 61.6 Å². The summed E-state index contributed by atoms with van der Waals surface area (Å²) < 4.78 is 13.4. The number of anilines is 1. The molecule has 3 amide bonds. The number of rotatable bonds is 9. The molecule has 0 bridgehead atoms. The molecule has 284 valence electrons. The first-order valence-corrected chi connectivity index (χ1v) is 18.2. The molecule has 2 N–H and O–H groups in total. The van der Waals surface area contributed by atoms with Crippen molar-refractivity contribution in [3.63, 3.8) is 0 Å². The number of fused-ring (bicyclic) bond motifs is 1. The number of hydrogen-bond donors (Lipinski definition) is 2. The summed E-state index contributed by atoms with van der Waals surface area (Å²) in [5.41, 5.74) is 6.93. The summed E-state index contributed by atoms with van der Waals surface area (Å²) >= 11 is 0. The molecule has 6 rings (SSSR count). The number of benzene rings is 5. The highest BCUT2D eigenvalue weighted by Crippen LogP contribution is 2.31. The molecule has 0 radical (unpaired) electrons. The van der Waals surface area contributed by atoms with Gasteiger partial charge in [0, 0.05) is 30.1 Å². The van der Waals surface area contributed by atoms with Crippen molar-refractivity contribution in [3.05, 3.63) is 167 Å². The third kappa shape index (κ3) is 10.1. The van der Waals surface area contributed by atoms with Gasteiger partial charge in [-0.1, -0.05) is 121 Å². The zero-order valence-electron chi connectivity index (χ0n) is 31.9. The molecule has 6 aromatic rings. The Hall–Kier alpha value is -6.15. The first-order valence-electron chi connectivity index (χ1n) is 18.2. The molecule has 7 nitrogen and oxygen atoms in total. The Morgan fingerprint density at radius 2 is 1.45 bits per heavy atom. The SMILES string of the molecule is C.CC.Cc1cccc(C(=O)Nc2ccc3cc(C(=O)N[C@H](C(=O)N(C)Cc4ccc(F)cc4)c4ccccc4)ccc3n2)c1-c1ccc(C(C)(C)C)cc1. The average molecular weight is 739 g/mol. The molecule has 5 aromatic carbocycles. The van der Waals surface area contributed by atoms with E-state index in [0.29, 0.717) is 33.4 Å². The number of halogens is 1. The van der Waals surface area contributed by atoms with Crippen LogP contribution < -0.4 is 10.6 Å². The highest BCUT2D eigenvalue weighted by molar-refractivity contribution is 6.09. The lowest BCUT2D eigenvalue weighted by Crippen LogP contribution is -2.41. The Bertz CT molecular complexity index is 2250. The van der Waals surface area contributed by atoms with Crippen LogP contribution in [0.5, 0.6) is 0 Å². The smallest absolute Gasteiger partial charge is 0.257 e. The Kier molecular flexibility index (Phi) is 13.8. The fourth-order valence-corrected chi connectivity index (χ4v) is 6.21. The Balaban J connectivity index is 0.00000221. The lowest BCUT2D eigenvalue weighted by molar-refractivity contribution is -0.132. The minimum absolute atomic E-state index is 0. The molecule has 0 unspecified atom stereocenters. The van der Waals surface area contributed by atoms with Crippen molar-refractivity contribution >= 4 is 34.4 Å². The minimum Gasteiger partial charge on any atom is -0.339 e. The lowest BCUT2D eigenvalue weighted by atomic mass is 9.85. The quantitative estimate of drug-likeness (QED) is 0.154. The molecule has 0 saturated carbocycles. The molecule has 0 fully saturated rings. The van der Waals surface area contributed by atoms with Gasteiger partial charge in [-0.3, -0.25) is 14.4 Å². The predicted molar refractivity (Wildman–Crippen MR) is 223 cm³/mol. The maximum atomic E-state index is 13.7. The number of nitrogens with zero attached hydrogens (tertiary/aromatic N) is 2. The number of aryl methyl sites for hydroxylation is 1. The molecule has 1 atom stereocenters.